The molecule has 0 saturated carbocycles. The first-order valence-corrected chi connectivity index (χ1v) is 10.3. The first-order valence-electron chi connectivity index (χ1n) is 8.02. The van der Waals surface area contributed by atoms with Crippen LogP contribution in [0.3, 0.4) is 0 Å². The van der Waals surface area contributed by atoms with Crippen LogP contribution >= 0.6 is 15.9 Å². The van der Waals surface area contributed by atoms with Gasteiger partial charge in [-0.2, -0.15) is 17.9 Å². The third kappa shape index (κ3) is 3.08. The average Bonchev–Trinajstić information content (AvgIpc) is 3.32. The van der Waals surface area contributed by atoms with Gasteiger partial charge in [-0.25, -0.2) is 0 Å². The number of rotatable bonds is 4. The number of hydrogen-bond donors (Lipinski definition) is 0. The van der Waals surface area contributed by atoms with Crippen LogP contribution in [0.25, 0.3) is 0 Å². The van der Waals surface area contributed by atoms with Crippen molar-refractivity contribution in [2.24, 2.45) is 5.10 Å². The van der Waals surface area contributed by atoms with Gasteiger partial charge in [0.1, 0.15) is 11.5 Å². The minimum Gasteiger partial charge on any atom is -0.463 e. The molecule has 0 saturated heterocycles. The summed E-state index contributed by atoms with van der Waals surface area (Å²) in [4.78, 5) is 0.212. The molecule has 0 N–H and O–H groups in total. The van der Waals surface area contributed by atoms with Gasteiger partial charge in [0.2, 0.25) is 0 Å². The van der Waals surface area contributed by atoms with Crippen LogP contribution in [0.1, 0.15) is 23.8 Å². The molecule has 0 amide bonds. The van der Waals surface area contributed by atoms with Gasteiger partial charge in [-0.05, 0) is 42.0 Å². The molecular weight excluding hydrogens is 416 g/mol. The van der Waals surface area contributed by atoms with Crippen molar-refractivity contribution in [1.82, 2.24) is 4.41 Å². The zero-order valence-electron chi connectivity index (χ0n) is 13.6. The lowest BCUT2D eigenvalue weighted by atomic mass is 10.0. The standard InChI is InChI=1S/C19H15BrN2O3S/c20-15-7-4-6-14(12-15)18-13-17(19-10-5-11-25-19)21-22(18)26(23,24)16-8-2-1-3-9-16/h1-12,18H,13H2/t18-/m0/s1. The summed E-state index contributed by atoms with van der Waals surface area (Å²) >= 11 is 3.45. The van der Waals surface area contributed by atoms with E-state index in [2.05, 4.69) is 21.0 Å². The Morgan fingerprint density at radius 3 is 2.54 bits per heavy atom. The molecule has 0 radical (unpaired) electrons. The number of hydrogen-bond acceptors (Lipinski definition) is 4. The van der Waals surface area contributed by atoms with Gasteiger partial charge in [0, 0.05) is 10.9 Å². The smallest absolute Gasteiger partial charge is 0.279 e. The van der Waals surface area contributed by atoms with Gasteiger partial charge >= 0.3 is 0 Å². The number of furan rings is 1. The summed E-state index contributed by atoms with van der Waals surface area (Å²) < 4.78 is 33.9. The van der Waals surface area contributed by atoms with Crippen LogP contribution in [-0.2, 0) is 10.0 Å². The molecule has 1 aliphatic heterocycles. The second-order valence-electron chi connectivity index (χ2n) is 5.89. The first kappa shape index (κ1) is 17.1. The Labute approximate surface area is 160 Å². The highest BCUT2D eigenvalue weighted by molar-refractivity contribution is 9.10. The number of halogens is 1. The second kappa shape index (κ2) is 6.74. The molecule has 132 valence electrons. The maximum absolute atomic E-state index is 13.2. The molecule has 0 bridgehead atoms. The van der Waals surface area contributed by atoms with E-state index in [0.717, 1.165) is 10.0 Å². The van der Waals surface area contributed by atoms with Crippen molar-refractivity contribution >= 4 is 31.7 Å². The zero-order chi connectivity index (χ0) is 18.1. The van der Waals surface area contributed by atoms with Gasteiger partial charge in [-0.15, -0.1) is 0 Å². The fraction of sp³-hybridized carbons (Fsp3) is 0.105. The summed E-state index contributed by atoms with van der Waals surface area (Å²) in [5.41, 5.74) is 1.48. The zero-order valence-corrected chi connectivity index (χ0v) is 16.0. The summed E-state index contributed by atoms with van der Waals surface area (Å²) in [6.07, 6.45) is 2.00. The molecule has 2 aromatic carbocycles. The predicted octanol–water partition coefficient (Wildman–Crippen LogP) is 4.58. The van der Waals surface area contributed by atoms with E-state index >= 15 is 0 Å². The Morgan fingerprint density at radius 1 is 1.04 bits per heavy atom. The summed E-state index contributed by atoms with van der Waals surface area (Å²) in [6, 6.07) is 19.1. The van der Waals surface area contributed by atoms with Crippen LogP contribution in [-0.4, -0.2) is 18.5 Å². The van der Waals surface area contributed by atoms with Crippen molar-refractivity contribution in [3.05, 3.63) is 88.8 Å². The number of nitrogens with zero attached hydrogens (tertiary/aromatic N) is 2. The molecule has 1 aliphatic rings. The minimum atomic E-state index is -3.78. The van der Waals surface area contributed by atoms with Gasteiger partial charge in [-0.1, -0.05) is 46.3 Å². The number of sulfonamides is 1. The molecule has 26 heavy (non-hydrogen) atoms. The molecule has 0 spiro atoms. The Hall–Kier alpha value is -2.38. The van der Waals surface area contributed by atoms with Crippen LogP contribution < -0.4 is 0 Å². The van der Waals surface area contributed by atoms with Gasteiger partial charge in [0.25, 0.3) is 10.0 Å². The highest BCUT2D eigenvalue weighted by Crippen LogP contribution is 2.37. The van der Waals surface area contributed by atoms with Gasteiger partial charge in [0.15, 0.2) is 0 Å². The Kier molecular flexibility index (Phi) is 4.42. The lowest BCUT2D eigenvalue weighted by Gasteiger charge is -2.23. The fourth-order valence-electron chi connectivity index (χ4n) is 2.96. The van der Waals surface area contributed by atoms with Gasteiger partial charge in [0.05, 0.1) is 17.2 Å². The molecule has 0 fully saturated rings. The number of benzene rings is 2. The van der Waals surface area contributed by atoms with Crippen molar-refractivity contribution in [2.75, 3.05) is 0 Å². The third-order valence-electron chi connectivity index (χ3n) is 4.20. The maximum atomic E-state index is 13.2. The van der Waals surface area contributed by atoms with E-state index in [1.165, 1.54) is 4.41 Å². The minimum absolute atomic E-state index is 0.212. The van der Waals surface area contributed by atoms with Gasteiger partial charge < -0.3 is 4.42 Å². The third-order valence-corrected chi connectivity index (χ3v) is 6.39. The molecule has 5 nitrogen and oxygen atoms in total. The Balaban J connectivity index is 1.81. The Bertz CT molecular complexity index is 1050. The predicted molar refractivity (Wildman–Crippen MR) is 102 cm³/mol. The van der Waals surface area contributed by atoms with E-state index in [0.29, 0.717) is 17.9 Å². The highest BCUT2D eigenvalue weighted by atomic mass is 79.9. The van der Waals surface area contributed by atoms with E-state index < -0.39 is 16.1 Å². The molecule has 4 rings (SSSR count). The summed E-state index contributed by atoms with van der Waals surface area (Å²) in [5, 5.41) is 4.42. The monoisotopic (exact) mass is 430 g/mol. The topological polar surface area (TPSA) is 62.9 Å². The average molecular weight is 431 g/mol. The van der Waals surface area contributed by atoms with E-state index in [-0.39, 0.29) is 4.90 Å². The van der Waals surface area contributed by atoms with Crippen LogP contribution in [0.5, 0.6) is 0 Å². The number of hydrazone groups is 1. The largest absolute Gasteiger partial charge is 0.463 e. The Morgan fingerprint density at radius 2 is 1.85 bits per heavy atom. The normalized spacial score (nSPS) is 17.3. The summed E-state index contributed by atoms with van der Waals surface area (Å²) in [6.45, 7) is 0. The maximum Gasteiger partial charge on any atom is 0.279 e. The lowest BCUT2D eigenvalue weighted by Crippen LogP contribution is -2.27. The van der Waals surface area contributed by atoms with Crippen molar-refractivity contribution in [1.29, 1.82) is 0 Å². The molecule has 0 aliphatic carbocycles. The molecule has 1 aromatic heterocycles. The van der Waals surface area contributed by atoms with E-state index in [1.54, 1.807) is 48.7 Å². The van der Waals surface area contributed by atoms with E-state index in [1.807, 2.05) is 24.3 Å². The first-order chi connectivity index (χ1) is 12.6. The molecule has 2 heterocycles. The molecule has 1 atom stereocenters. The molecule has 0 unspecified atom stereocenters. The molecule has 3 aromatic rings. The van der Waals surface area contributed by atoms with Crippen molar-refractivity contribution < 1.29 is 12.8 Å². The fourth-order valence-corrected chi connectivity index (χ4v) is 4.84. The molecule has 7 heteroatoms. The van der Waals surface area contributed by atoms with Crippen LogP contribution in [0, 0.1) is 0 Å². The van der Waals surface area contributed by atoms with Crippen LogP contribution in [0.2, 0.25) is 0 Å². The summed E-state index contributed by atoms with van der Waals surface area (Å²) in [5.74, 6) is 0.579. The quantitative estimate of drug-likeness (QED) is 0.608. The van der Waals surface area contributed by atoms with Crippen molar-refractivity contribution in [3.8, 4) is 0 Å². The van der Waals surface area contributed by atoms with E-state index in [9.17, 15) is 8.42 Å². The van der Waals surface area contributed by atoms with Crippen molar-refractivity contribution in [2.45, 2.75) is 17.4 Å². The van der Waals surface area contributed by atoms with Crippen molar-refractivity contribution in [3.63, 3.8) is 0 Å². The highest BCUT2D eigenvalue weighted by Gasteiger charge is 2.38. The van der Waals surface area contributed by atoms with Gasteiger partial charge in [-0.3, -0.25) is 0 Å². The van der Waals surface area contributed by atoms with Crippen LogP contribution in [0.4, 0.5) is 0 Å². The lowest BCUT2D eigenvalue weighted by molar-refractivity contribution is 0.371. The second-order valence-corrected chi connectivity index (χ2v) is 8.60. The summed E-state index contributed by atoms with van der Waals surface area (Å²) in [7, 11) is -3.78. The SMILES string of the molecule is O=S(=O)(c1ccccc1)N1N=C(c2ccco2)C[C@H]1c1cccc(Br)c1. The van der Waals surface area contributed by atoms with E-state index in [4.69, 9.17) is 4.42 Å². The molecular formula is C19H15BrN2O3S. The van der Waals surface area contributed by atoms with Crippen LogP contribution in [0.15, 0.2) is 91.9 Å².